The topological polar surface area (TPSA) is 26.3 Å². The fourth-order valence-electron chi connectivity index (χ4n) is 3.69. The van der Waals surface area contributed by atoms with Crippen LogP contribution in [0.2, 0.25) is 0 Å². The molecular formula is C26H29O2P. The summed E-state index contributed by atoms with van der Waals surface area (Å²) < 4.78 is 5.46. The van der Waals surface area contributed by atoms with E-state index in [0.29, 0.717) is 0 Å². The maximum atomic E-state index is 12.3. The van der Waals surface area contributed by atoms with Crippen LogP contribution in [0.1, 0.15) is 20.8 Å². The summed E-state index contributed by atoms with van der Waals surface area (Å²) in [7, 11) is -2.34. The van der Waals surface area contributed by atoms with Crippen LogP contribution in [0.15, 0.2) is 103 Å². The molecule has 3 heteroatoms. The molecule has 0 bridgehead atoms. The van der Waals surface area contributed by atoms with Gasteiger partial charge in [-0.25, -0.2) is 0 Å². The van der Waals surface area contributed by atoms with E-state index < -0.39 is 12.9 Å². The van der Waals surface area contributed by atoms with Crippen molar-refractivity contribution < 1.29 is 9.53 Å². The minimum absolute atomic E-state index is 0.297. The molecule has 3 aromatic carbocycles. The first kappa shape index (κ1) is 21.0. The quantitative estimate of drug-likeness (QED) is 0.341. The van der Waals surface area contributed by atoms with Crippen LogP contribution in [-0.4, -0.2) is 17.7 Å². The van der Waals surface area contributed by atoms with E-state index in [1.807, 2.05) is 26.8 Å². The summed E-state index contributed by atoms with van der Waals surface area (Å²) in [5.41, 5.74) is -0.492. The van der Waals surface area contributed by atoms with E-state index in [1.54, 1.807) is 6.08 Å². The van der Waals surface area contributed by atoms with Crippen molar-refractivity contribution >= 4 is 29.1 Å². The summed E-state index contributed by atoms with van der Waals surface area (Å²) in [6.07, 6.45) is 4.36. The van der Waals surface area contributed by atoms with Crippen LogP contribution in [0.4, 0.5) is 0 Å². The van der Waals surface area contributed by atoms with Gasteiger partial charge in [-0.1, -0.05) is 0 Å². The summed E-state index contributed by atoms with van der Waals surface area (Å²) in [6, 6.07) is 32.0. The van der Waals surface area contributed by atoms with Crippen molar-refractivity contribution in [3.05, 3.63) is 103 Å². The van der Waals surface area contributed by atoms with Gasteiger partial charge in [0.25, 0.3) is 0 Å². The third-order valence-corrected chi connectivity index (χ3v) is 9.69. The second-order valence-electron chi connectivity index (χ2n) is 8.14. The fraction of sp³-hybridized carbons (Fsp3) is 0.192. The molecule has 0 heterocycles. The maximum absolute atomic E-state index is 12.3. The van der Waals surface area contributed by atoms with Gasteiger partial charge in [-0.2, -0.15) is 0 Å². The van der Waals surface area contributed by atoms with Crippen LogP contribution in [-0.2, 0) is 9.53 Å². The van der Waals surface area contributed by atoms with Crippen molar-refractivity contribution in [2.24, 2.45) is 0 Å². The van der Waals surface area contributed by atoms with E-state index in [2.05, 4.69) is 91.0 Å². The second-order valence-corrected chi connectivity index (χ2v) is 12.1. The molecule has 0 aromatic heterocycles. The molecule has 150 valence electrons. The van der Waals surface area contributed by atoms with Crippen LogP contribution >= 0.6 is 7.26 Å². The number of carbonyl (C=O) groups excluding carboxylic acids is 1. The summed E-state index contributed by atoms with van der Waals surface area (Å²) in [6.45, 7) is 5.65. The van der Waals surface area contributed by atoms with E-state index >= 15 is 0 Å². The molecule has 0 spiro atoms. The molecule has 3 rings (SSSR count). The summed E-state index contributed by atoms with van der Waals surface area (Å²) >= 11 is 0. The molecule has 0 amide bonds. The van der Waals surface area contributed by atoms with Crippen molar-refractivity contribution in [1.29, 1.82) is 0 Å². The van der Waals surface area contributed by atoms with Crippen LogP contribution < -0.4 is 15.9 Å². The number of rotatable bonds is 6. The number of allylic oxidation sites excluding steroid dienone is 1. The first-order valence-corrected chi connectivity index (χ1v) is 12.2. The Morgan fingerprint density at radius 1 is 0.759 bits per heavy atom. The zero-order valence-corrected chi connectivity index (χ0v) is 18.3. The van der Waals surface area contributed by atoms with Gasteiger partial charge in [0.2, 0.25) is 0 Å². The third-order valence-electron chi connectivity index (χ3n) is 4.88. The van der Waals surface area contributed by atoms with Gasteiger partial charge in [-0.15, -0.1) is 0 Å². The number of benzene rings is 3. The van der Waals surface area contributed by atoms with Gasteiger partial charge in [0.1, 0.15) is 0 Å². The number of hydrogen-bond donors (Lipinski definition) is 0. The van der Waals surface area contributed by atoms with Gasteiger partial charge >= 0.3 is 174 Å². The Morgan fingerprint density at radius 2 is 1.14 bits per heavy atom. The molecular weight excluding hydrogens is 375 g/mol. The zero-order chi connectivity index (χ0) is 20.7. The van der Waals surface area contributed by atoms with Crippen LogP contribution in [0.25, 0.3) is 0 Å². The Bertz CT molecular complexity index is 846. The van der Waals surface area contributed by atoms with Gasteiger partial charge in [-0.3, -0.25) is 0 Å². The summed E-state index contributed by atoms with van der Waals surface area (Å²) in [4.78, 5) is 12.3. The molecule has 0 atom stereocenters. The first-order valence-electron chi connectivity index (χ1n) is 9.98. The third kappa shape index (κ3) is 5.22. The second kappa shape index (κ2) is 9.20. The van der Waals surface area contributed by atoms with Gasteiger partial charge < -0.3 is 0 Å². The van der Waals surface area contributed by atoms with Crippen LogP contribution in [0, 0.1) is 0 Å². The average Bonchev–Trinajstić information content (AvgIpc) is 2.72. The Labute approximate surface area is 174 Å². The molecule has 2 nitrogen and oxygen atoms in total. The van der Waals surface area contributed by atoms with Crippen LogP contribution in [0.3, 0.4) is 0 Å². The predicted octanol–water partition coefficient (Wildman–Crippen LogP) is 4.61. The Hall–Kier alpha value is -2.70. The van der Waals surface area contributed by atoms with E-state index in [9.17, 15) is 4.79 Å². The van der Waals surface area contributed by atoms with Crippen molar-refractivity contribution in [1.82, 2.24) is 0 Å². The fourth-order valence-corrected chi connectivity index (χ4v) is 8.15. The molecule has 0 aliphatic rings. The SMILES string of the molecule is CC(C)(C)OC(=O)/C=C/C[PH](c1ccccc1)(c1ccccc1)c1ccccc1. The van der Waals surface area contributed by atoms with Gasteiger partial charge in [0.05, 0.1) is 0 Å². The van der Waals surface area contributed by atoms with E-state index in [1.165, 1.54) is 15.9 Å². The normalized spacial score (nSPS) is 12.7. The molecule has 0 unspecified atom stereocenters. The van der Waals surface area contributed by atoms with Crippen molar-refractivity contribution in [3.63, 3.8) is 0 Å². The summed E-state index contributed by atoms with van der Waals surface area (Å²) in [5.74, 6) is -0.297. The van der Waals surface area contributed by atoms with Crippen molar-refractivity contribution in [2.75, 3.05) is 6.16 Å². The average molecular weight is 404 g/mol. The standard InChI is InChI=1S/C26H29O2P/c1-26(2,3)28-25(27)20-13-21-29(22-14-7-4-8-15-22,23-16-9-5-10-17-23)24-18-11-6-12-19-24/h4-20,29H,21H2,1-3H3/b20-13+. The zero-order valence-electron chi connectivity index (χ0n) is 17.3. The number of esters is 1. The Kier molecular flexibility index (Phi) is 6.67. The molecule has 3 aromatic rings. The summed E-state index contributed by atoms with van der Waals surface area (Å²) in [5, 5.41) is 3.98. The number of ether oxygens (including phenoxy) is 1. The molecule has 0 fully saturated rings. The number of hydrogen-bond acceptors (Lipinski definition) is 2. The van der Waals surface area contributed by atoms with Crippen molar-refractivity contribution in [2.45, 2.75) is 26.4 Å². The molecule has 0 saturated carbocycles. The van der Waals surface area contributed by atoms with Crippen LogP contribution in [0.5, 0.6) is 0 Å². The van der Waals surface area contributed by atoms with Gasteiger partial charge in [-0.05, 0) is 0 Å². The number of carbonyl (C=O) groups is 1. The monoisotopic (exact) mass is 404 g/mol. The Morgan fingerprint density at radius 3 is 1.48 bits per heavy atom. The molecule has 0 aliphatic heterocycles. The molecule has 0 N–H and O–H groups in total. The first-order chi connectivity index (χ1) is 13.9. The van der Waals surface area contributed by atoms with Gasteiger partial charge in [0.15, 0.2) is 0 Å². The molecule has 0 aliphatic carbocycles. The van der Waals surface area contributed by atoms with Gasteiger partial charge in [0, 0.05) is 0 Å². The Balaban J connectivity index is 2.09. The molecule has 0 radical (unpaired) electrons. The predicted molar refractivity (Wildman–Crippen MR) is 126 cm³/mol. The van der Waals surface area contributed by atoms with Crippen molar-refractivity contribution in [3.8, 4) is 0 Å². The van der Waals surface area contributed by atoms with E-state index in [-0.39, 0.29) is 5.97 Å². The van der Waals surface area contributed by atoms with E-state index in [0.717, 1.165) is 6.16 Å². The minimum atomic E-state index is -2.34. The molecule has 29 heavy (non-hydrogen) atoms. The molecule has 0 saturated heterocycles. The van der Waals surface area contributed by atoms with E-state index in [4.69, 9.17) is 4.74 Å².